The molecule has 0 radical (unpaired) electrons. The van der Waals surface area contributed by atoms with E-state index in [1.165, 1.54) is 13.2 Å². The highest BCUT2D eigenvalue weighted by Crippen LogP contribution is 2.40. The maximum atomic E-state index is 12.6. The second kappa shape index (κ2) is 5.72. The van der Waals surface area contributed by atoms with Crippen LogP contribution in [0.3, 0.4) is 0 Å². The van der Waals surface area contributed by atoms with E-state index in [0.717, 1.165) is 12.1 Å². The number of rotatable bonds is 4. The van der Waals surface area contributed by atoms with E-state index >= 15 is 0 Å². The Balaban J connectivity index is 2.32. The van der Waals surface area contributed by atoms with Gasteiger partial charge in [0.05, 0.1) is 12.0 Å². The molecule has 1 aromatic carbocycles. The molecule has 118 valence electrons. The second-order valence-electron chi connectivity index (χ2n) is 3.91. The number of methoxy groups -OCH3 is 1. The largest absolute Gasteiger partial charge is 0.490 e. The van der Waals surface area contributed by atoms with Gasteiger partial charge in [-0.25, -0.2) is 0 Å². The lowest BCUT2D eigenvalue weighted by Crippen LogP contribution is -2.05. The molecule has 22 heavy (non-hydrogen) atoms. The molecule has 0 bridgehead atoms. The van der Waals surface area contributed by atoms with Crippen LogP contribution in [0.15, 0.2) is 18.2 Å². The zero-order valence-electron chi connectivity index (χ0n) is 10.8. The Hall–Kier alpha value is -2.49. The van der Waals surface area contributed by atoms with Crippen molar-refractivity contribution in [2.45, 2.75) is 6.18 Å². The molecule has 2 rings (SSSR count). The lowest BCUT2D eigenvalue weighted by molar-refractivity contribution is -0.385. The summed E-state index contributed by atoms with van der Waals surface area (Å²) in [7, 11) is 1.20. The molecule has 0 spiro atoms. The lowest BCUT2D eigenvalue weighted by atomic mass is 10.3. The van der Waals surface area contributed by atoms with Crippen molar-refractivity contribution >= 4 is 17.3 Å². The van der Waals surface area contributed by atoms with Crippen molar-refractivity contribution in [1.82, 2.24) is 10.2 Å². The fraction of sp³-hybridized carbons (Fsp3) is 0.182. The summed E-state index contributed by atoms with van der Waals surface area (Å²) in [5.41, 5.74) is -1.57. The molecule has 1 heterocycles. The molecule has 1 aromatic heterocycles. The summed E-state index contributed by atoms with van der Waals surface area (Å²) in [6, 6.07) is 3.40. The highest BCUT2D eigenvalue weighted by molar-refractivity contribution is 6.32. The number of halogens is 4. The van der Waals surface area contributed by atoms with Crippen molar-refractivity contribution in [2.75, 3.05) is 7.11 Å². The van der Waals surface area contributed by atoms with Crippen molar-refractivity contribution < 1.29 is 27.6 Å². The summed E-state index contributed by atoms with van der Waals surface area (Å²) >= 11 is 5.54. The van der Waals surface area contributed by atoms with Crippen LogP contribution in [0.4, 0.5) is 18.9 Å². The monoisotopic (exact) mass is 337 g/mol. The second-order valence-corrected chi connectivity index (χ2v) is 4.29. The van der Waals surface area contributed by atoms with Crippen LogP contribution in [0, 0.1) is 10.1 Å². The number of hydrogen-bond acceptors (Lipinski definition) is 5. The predicted octanol–water partition coefficient (Wildman–Crippen LogP) is 3.79. The first-order chi connectivity index (χ1) is 10.2. The minimum atomic E-state index is -4.71. The zero-order valence-corrected chi connectivity index (χ0v) is 11.5. The topological polar surface area (TPSA) is 90.3 Å². The molecule has 0 aliphatic rings. The van der Waals surface area contributed by atoms with Gasteiger partial charge in [-0.1, -0.05) is 11.6 Å². The quantitative estimate of drug-likeness (QED) is 0.677. The Kier molecular flexibility index (Phi) is 4.13. The summed E-state index contributed by atoms with van der Waals surface area (Å²) < 4.78 is 47.6. The van der Waals surface area contributed by atoms with E-state index in [-0.39, 0.29) is 17.2 Å². The number of nitrogens with one attached hydrogen (secondary N) is 1. The van der Waals surface area contributed by atoms with Crippen LogP contribution in [0.25, 0.3) is 0 Å². The molecule has 1 N–H and O–H groups in total. The average molecular weight is 338 g/mol. The van der Waals surface area contributed by atoms with E-state index < -0.39 is 27.7 Å². The number of nitrogens with zero attached hydrogens (tertiary/aromatic N) is 2. The number of nitro benzene ring substituents is 1. The van der Waals surface area contributed by atoms with E-state index in [9.17, 15) is 23.3 Å². The van der Waals surface area contributed by atoms with Gasteiger partial charge >= 0.3 is 11.9 Å². The molecule has 11 heteroatoms. The number of benzene rings is 1. The van der Waals surface area contributed by atoms with Gasteiger partial charge in [0.15, 0.2) is 5.69 Å². The first-order valence-electron chi connectivity index (χ1n) is 5.55. The Bertz CT molecular complexity index is 717. The van der Waals surface area contributed by atoms with Crippen molar-refractivity contribution in [3.8, 4) is 17.4 Å². The van der Waals surface area contributed by atoms with Crippen LogP contribution in [0.5, 0.6) is 17.4 Å². The van der Waals surface area contributed by atoms with Gasteiger partial charge in [-0.05, 0) is 6.07 Å². The number of alkyl halides is 3. The van der Waals surface area contributed by atoms with E-state index in [4.69, 9.17) is 21.1 Å². The number of aromatic amines is 1. The summed E-state index contributed by atoms with van der Waals surface area (Å²) in [6.07, 6.45) is -4.71. The van der Waals surface area contributed by atoms with Crippen LogP contribution >= 0.6 is 11.6 Å². The number of nitro groups is 1. The Morgan fingerprint density at radius 2 is 2.09 bits per heavy atom. The molecule has 0 unspecified atom stereocenters. The lowest BCUT2D eigenvalue weighted by Gasteiger charge is -2.06. The summed E-state index contributed by atoms with van der Waals surface area (Å²) in [4.78, 5) is 10.1. The van der Waals surface area contributed by atoms with Crippen LogP contribution in [0.2, 0.25) is 5.02 Å². The Morgan fingerprint density at radius 3 is 2.59 bits per heavy atom. The van der Waals surface area contributed by atoms with Crippen LogP contribution in [0.1, 0.15) is 5.69 Å². The minimum Gasteiger partial charge on any atom is -0.490 e. The molecule has 2 aromatic rings. The van der Waals surface area contributed by atoms with Gasteiger partial charge in [-0.3, -0.25) is 15.2 Å². The zero-order chi connectivity index (χ0) is 16.5. The van der Waals surface area contributed by atoms with Gasteiger partial charge in [0.1, 0.15) is 10.8 Å². The third-order valence-electron chi connectivity index (χ3n) is 2.52. The first-order valence-corrected chi connectivity index (χ1v) is 5.93. The van der Waals surface area contributed by atoms with Crippen molar-refractivity contribution in [1.29, 1.82) is 0 Å². The van der Waals surface area contributed by atoms with Gasteiger partial charge in [-0.15, -0.1) is 5.10 Å². The molecular weight excluding hydrogens is 331 g/mol. The van der Waals surface area contributed by atoms with Gasteiger partial charge < -0.3 is 9.47 Å². The van der Waals surface area contributed by atoms with E-state index in [0.29, 0.717) is 0 Å². The minimum absolute atomic E-state index is 0.0235. The fourth-order valence-corrected chi connectivity index (χ4v) is 1.78. The normalized spacial score (nSPS) is 11.3. The number of H-pyrrole nitrogens is 1. The summed E-state index contributed by atoms with van der Waals surface area (Å²) in [5.74, 6) is -0.653. The molecule has 7 nitrogen and oxygen atoms in total. The summed E-state index contributed by atoms with van der Waals surface area (Å²) in [6.45, 7) is 0. The average Bonchev–Trinajstić information content (AvgIpc) is 2.79. The molecule has 0 saturated carbocycles. The Labute approximate surface area is 125 Å². The van der Waals surface area contributed by atoms with Gasteiger partial charge in [0.25, 0.3) is 5.88 Å². The SMILES string of the molecule is COc1cc(Oc2n[nH]c(C(F)(F)F)c2Cl)ccc1[N+](=O)[O-]. The van der Waals surface area contributed by atoms with E-state index in [2.05, 4.69) is 5.10 Å². The molecule has 0 saturated heterocycles. The van der Waals surface area contributed by atoms with Gasteiger partial charge in [-0.2, -0.15) is 13.2 Å². The van der Waals surface area contributed by atoms with Crippen molar-refractivity contribution in [3.05, 3.63) is 39.0 Å². The van der Waals surface area contributed by atoms with Crippen molar-refractivity contribution in [3.63, 3.8) is 0 Å². The Morgan fingerprint density at radius 1 is 1.41 bits per heavy atom. The molecular formula is C11H7ClF3N3O4. The fourth-order valence-electron chi connectivity index (χ4n) is 1.55. The smallest absolute Gasteiger partial charge is 0.434 e. The number of ether oxygens (including phenoxy) is 2. The van der Waals surface area contributed by atoms with Crippen LogP contribution in [-0.2, 0) is 6.18 Å². The highest BCUT2D eigenvalue weighted by atomic mass is 35.5. The molecule has 0 atom stereocenters. The number of aromatic nitrogens is 2. The predicted molar refractivity (Wildman–Crippen MR) is 68.3 cm³/mol. The standard InChI is InChI=1S/C11H7ClF3N3O4/c1-21-7-4-5(2-3-6(7)18(19)20)22-10-8(12)9(16-17-10)11(13,14)15/h2-4H,1H3,(H,16,17). The molecule has 0 aliphatic heterocycles. The first kappa shape index (κ1) is 15.9. The van der Waals surface area contributed by atoms with Gasteiger partial charge in [0.2, 0.25) is 5.75 Å². The summed E-state index contributed by atoms with van der Waals surface area (Å²) in [5, 5.41) is 15.0. The maximum Gasteiger partial charge on any atom is 0.434 e. The van der Waals surface area contributed by atoms with E-state index in [1.807, 2.05) is 0 Å². The molecule has 0 fully saturated rings. The number of hydrogen-bond donors (Lipinski definition) is 1. The van der Waals surface area contributed by atoms with E-state index in [1.54, 1.807) is 5.10 Å². The third-order valence-corrected chi connectivity index (χ3v) is 2.87. The molecule has 0 amide bonds. The van der Waals surface area contributed by atoms with Crippen LogP contribution < -0.4 is 9.47 Å². The maximum absolute atomic E-state index is 12.6. The molecule has 0 aliphatic carbocycles. The van der Waals surface area contributed by atoms with Crippen molar-refractivity contribution in [2.24, 2.45) is 0 Å². The van der Waals surface area contributed by atoms with Crippen LogP contribution in [-0.4, -0.2) is 22.2 Å². The third kappa shape index (κ3) is 3.06. The van der Waals surface area contributed by atoms with Gasteiger partial charge in [0, 0.05) is 12.1 Å². The highest BCUT2D eigenvalue weighted by Gasteiger charge is 2.37.